The lowest BCUT2D eigenvalue weighted by atomic mass is 10.1. The molecule has 0 saturated carbocycles. The van der Waals surface area contributed by atoms with Crippen molar-refractivity contribution >= 4 is 57.4 Å². The minimum Gasteiger partial charge on any atom is -0.872 e. The summed E-state index contributed by atoms with van der Waals surface area (Å²) in [7, 11) is -1.91. The number of nitro groups is 1. The van der Waals surface area contributed by atoms with E-state index in [1.54, 1.807) is 60.7 Å². The van der Waals surface area contributed by atoms with Gasteiger partial charge in [-0.25, -0.2) is 0 Å². The average Bonchev–Trinajstić information content (AvgIpc) is 3.29. The fourth-order valence-corrected chi connectivity index (χ4v) is 10.7. The third-order valence-electron chi connectivity index (χ3n) is 9.20. The Morgan fingerprint density at radius 3 is 1.15 bits per heavy atom. The predicted molar refractivity (Wildman–Crippen MR) is 241 cm³/mol. The van der Waals surface area contributed by atoms with Crippen molar-refractivity contribution in [1.29, 1.82) is 0 Å². The van der Waals surface area contributed by atoms with E-state index in [9.17, 15) is 29.9 Å². The van der Waals surface area contributed by atoms with Gasteiger partial charge in [-0.15, -0.1) is 0 Å². The first kappa shape index (κ1) is 41.8. The van der Waals surface area contributed by atoms with Crippen molar-refractivity contribution in [2.75, 3.05) is 10.6 Å². The zero-order chi connectivity index (χ0) is 42.2. The van der Waals surface area contributed by atoms with E-state index < -0.39 is 23.8 Å². The van der Waals surface area contributed by atoms with Gasteiger partial charge in [-0.2, -0.15) is 0 Å². The molecule has 0 unspecified atom stereocenters. The van der Waals surface area contributed by atoms with Crippen LogP contribution in [0.4, 0.5) is 17.1 Å². The highest BCUT2D eigenvalue weighted by molar-refractivity contribution is 8.01. The Hall–Kier alpha value is -7.87. The molecule has 296 valence electrons. The number of para-hydroxylation sites is 3. The van der Waals surface area contributed by atoms with Crippen LogP contribution in [-0.2, 0) is 0 Å². The molecule has 9 nitrogen and oxygen atoms in total. The largest absolute Gasteiger partial charge is 0.872 e. The normalized spacial score (nSPS) is 10.4. The first-order valence-electron chi connectivity index (χ1n) is 18.8. The Morgan fingerprint density at radius 1 is 0.450 bits per heavy atom. The van der Waals surface area contributed by atoms with Gasteiger partial charge in [-0.05, 0) is 84.9 Å². The quantitative estimate of drug-likeness (QED) is 0.0755. The van der Waals surface area contributed by atoms with Crippen molar-refractivity contribution < 1.29 is 24.7 Å². The number of aromatic hydroxyl groups is 1. The molecule has 0 saturated heterocycles. The van der Waals surface area contributed by atoms with Crippen LogP contribution in [0.3, 0.4) is 0 Å². The van der Waals surface area contributed by atoms with Crippen LogP contribution >= 0.6 is 7.26 Å². The van der Waals surface area contributed by atoms with Gasteiger partial charge in [0, 0.05) is 29.1 Å². The van der Waals surface area contributed by atoms with Gasteiger partial charge in [0.05, 0.1) is 10.5 Å². The lowest BCUT2D eigenvalue weighted by molar-refractivity contribution is -0.385. The van der Waals surface area contributed by atoms with E-state index in [1.807, 2.05) is 18.2 Å². The molecule has 2 amide bonds. The van der Waals surface area contributed by atoms with Crippen molar-refractivity contribution in [3.05, 3.63) is 246 Å². The topological polar surface area (TPSA) is 145 Å². The summed E-state index contributed by atoms with van der Waals surface area (Å²) < 4.78 is 0. The van der Waals surface area contributed by atoms with E-state index in [0.29, 0.717) is 11.4 Å². The van der Waals surface area contributed by atoms with E-state index in [1.165, 1.54) is 27.3 Å². The number of amides is 2. The van der Waals surface area contributed by atoms with Crippen LogP contribution in [0.5, 0.6) is 11.5 Å². The van der Waals surface area contributed by atoms with Crippen molar-refractivity contribution in [2.45, 2.75) is 0 Å². The van der Waals surface area contributed by atoms with Gasteiger partial charge < -0.3 is 20.8 Å². The lowest BCUT2D eigenvalue weighted by Gasteiger charge is -2.27. The maximum atomic E-state index is 11.9. The molecule has 0 heterocycles. The molecule has 0 radical (unpaired) electrons. The van der Waals surface area contributed by atoms with Crippen molar-refractivity contribution in [1.82, 2.24) is 0 Å². The SMILES string of the molecule is O=C(Nc1ccccc1)c1cc([N+](=O)[O-])ccc1[O-].O=C(Nc1ccccc1)c1ccccc1O.c1ccc([P+](c2ccccc2)(c2ccccc2)c2ccccc2)cc1. The van der Waals surface area contributed by atoms with Crippen molar-refractivity contribution in [3.8, 4) is 11.5 Å². The summed E-state index contributed by atoms with van der Waals surface area (Å²) in [6.45, 7) is 0. The van der Waals surface area contributed by atoms with Crippen LogP contribution in [0.15, 0.2) is 224 Å². The maximum Gasteiger partial charge on any atom is 0.270 e. The summed E-state index contributed by atoms with van der Waals surface area (Å²) in [4.78, 5) is 33.6. The fourth-order valence-electron chi connectivity index (χ4n) is 6.42. The highest BCUT2D eigenvalue weighted by Crippen LogP contribution is 2.54. The molecule has 0 aliphatic carbocycles. The molecular weight excluding hydrogens is 770 g/mol. The number of phenols is 1. The number of rotatable bonds is 9. The van der Waals surface area contributed by atoms with Gasteiger partial charge in [0.2, 0.25) is 0 Å². The molecule has 0 spiro atoms. The summed E-state index contributed by atoms with van der Waals surface area (Å²) in [6.07, 6.45) is 0. The smallest absolute Gasteiger partial charge is 0.270 e. The monoisotopic (exact) mass is 809 g/mol. The molecule has 60 heavy (non-hydrogen) atoms. The molecule has 10 heteroatoms. The number of anilines is 2. The van der Waals surface area contributed by atoms with E-state index >= 15 is 0 Å². The van der Waals surface area contributed by atoms with E-state index in [4.69, 9.17) is 0 Å². The summed E-state index contributed by atoms with van der Waals surface area (Å²) in [5.41, 5.74) is 0.941. The molecule has 0 aliphatic heterocycles. The number of non-ortho nitro benzene ring substituents is 1. The number of carbonyl (C=O) groups is 2. The van der Waals surface area contributed by atoms with Crippen LogP contribution in [0.1, 0.15) is 20.7 Å². The molecule has 3 N–H and O–H groups in total. The number of nitrogens with zero attached hydrogens (tertiary/aromatic N) is 1. The van der Waals surface area contributed by atoms with Crippen LogP contribution in [0, 0.1) is 10.1 Å². The second-order valence-electron chi connectivity index (χ2n) is 13.1. The Balaban J connectivity index is 0.000000155. The molecule has 0 aliphatic rings. The van der Waals surface area contributed by atoms with Crippen molar-refractivity contribution in [3.63, 3.8) is 0 Å². The average molecular weight is 810 g/mol. The Labute approximate surface area is 348 Å². The number of nitro benzene ring substituents is 1. The molecule has 8 rings (SSSR count). The summed E-state index contributed by atoms with van der Waals surface area (Å²) in [5.74, 6) is -1.56. The first-order valence-corrected chi connectivity index (χ1v) is 20.6. The number of nitrogens with one attached hydrogen (secondary N) is 2. The van der Waals surface area contributed by atoms with Gasteiger partial charge in [0.25, 0.3) is 17.5 Å². The van der Waals surface area contributed by atoms with E-state index in [0.717, 1.165) is 18.2 Å². The van der Waals surface area contributed by atoms with E-state index in [2.05, 4.69) is 132 Å². The van der Waals surface area contributed by atoms with Crippen LogP contribution in [0.2, 0.25) is 0 Å². The number of hydrogen-bond donors (Lipinski definition) is 3. The third kappa shape index (κ3) is 10.3. The highest BCUT2D eigenvalue weighted by atomic mass is 31.2. The number of carbonyl (C=O) groups excluding carboxylic acids is 2. The van der Waals surface area contributed by atoms with Crippen LogP contribution in [0.25, 0.3) is 0 Å². The van der Waals surface area contributed by atoms with Crippen LogP contribution < -0.4 is 37.0 Å². The lowest BCUT2D eigenvalue weighted by Crippen LogP contribution is -2.38. The molecule has 8 aromatic carbocycles. The van der Waals surface area contributed by atoms with E-state index in [-0.39, 0.29) is 28.5 Å². The first-order chi connectivity index (χ1) is 29.3. The minimum atomic E-state index is -1.91. The molecule has 0 aromatic heterocycles. The van der Waals surface area contributed by atoms with Gasteiger partial charge in [0.1, 0.15) is 34.2 Å². The van der Waals surface area contributed by atoms with Crippen LogP contribution in [-0.4, -0.2) is 21.8 Å². The van der Waals surface area contributed by atoms with Gasteiger partial charge >= 0.3 is 0 Å². The number of benzene rings is 8. The maximum absolute atomic E-state index is 11.9. The Kier molecular flexibility index (Phi) is 14.3. The second kappa shape index (κ2) is 20.5. The van der Waals surface area contributed by atoms with Crippen molar-refractivity contribution in [2.24, 2.45) is 0 Å². The Morgan fingerprint density at radius 2 is 0.783 bits per heavy atom. The number of phenolic OH excluding ortho intramolecular Hbond substituents is 1. The molecule has 0 fully saturated rings. The molecular formula is C50H40N3O6P. The third-order valence-corrected chi connectivity index (χ3v) is 13.5. The highest BCUT2D eigenvalue weighted by Gasteiger charge is 2.47. The summed E-state index contributed by atoms with van der Waals surface area (Å²) in [6, 6.07) is 71.0. The zero-order valence-electron chi connectivity index (χ0n) is 32.2. The van der Waals surface area contributed by atoms with Gasteiger partial charge in [0.15, 0.2) is 0 Å². The minimum absolute atomic E-state index is 0.0177. The Bertz CT molecular complexity index is 2460. The summed E-state index contributed by atoms with van der Waals surface area (Å²) >= 11 is 0. The molecule has 0 bridgehead atoms. The zero-order valence-corrected chi connectivity index (χ0v) is 33.1. The number of hydrogen-bond acceptors (Lipinski definition) is 6. The second-order valence-corrected chi connectivity index (χ2v) is 16.5. The standard InChI is InChI=1S/C24H20P.C13H10N2O4.C13H11NO2/c1-5-13-21(14-6-1)25(22-15-7-2-8-16-22,23-17-9-3-10-18-23)24-19-11-4-12-20-24;16-12-7-6-10(15(18)19)8-11(12)13(17)14-9-4-2-1-3-5-9;15-12-9-5-4-8-11(12)13(16)14-10-6-2-1-3-7-10/h1-20H;1-8,16H,(H,14,17);1-9,15H,(H,14,16)/q+1;;/p-1. The summed E-state index contributed by atoms with van der Waals surface area (Å²) in [5, 5.41) is 42.4. The predicted octanol–water partition coefficient (Wildman–Crippen LogP) is 8.87. The molecule has 0 atom stereocenters. The molecule has 8 aromatic rings. The van der Waals surface area contributed by atoms with Gasteiger partial charge in [-0.3, -0.25) is 19.7 Å². The fraction of sp³-hybridized carbons (Fsp3) is 0. The van der Waals surface area contributed by atoms with Gasteiger partial charge in [-0.1, -0.05) is 133 Å².